The van der Waals surface area contributed by atoms with Gasteiger partial charge >= 0.3 is 0 Å². The topological polar surface area (TPSA) is 44.8 Å². The fourth-order valence-corrected chi connectivity index (χ4v) is 4.00. The van der Waals surface area contributed by atoms with Crippen LogP contribution in [0.1, 0.15) is 31.4 Å². The summed E-state index contributed by atoms with van der Waals surface area (Å²) in [5, 5.41) is 3.90. The van der Waals surface area contributed by atoms with Gasteiger partial charge in [0.15, 0.2) is 0 Å². The third-order valence-electron chi connectivity index (χ3n) is 5.03. The van der Waals surface area contributed by atoms with Crippen LogP contribution in [0.4, 0.5) is 0 Å². The van der Waals surface area contributed by atoms with Gasteiger partial charge < -0.3 is 10.1 Å². The first-order valence-electron chi connectivity index (χ1n) is 9.22. The van der Waals surface area contributed by atoms with Gasteiger partial charge in [-0.05, 0) is 44.5 Å². The van der Waals surface area contributed by atoms with E-state index < -0.39 is 0 Å². The van der Waals surface area contributed by atoms with Crippen LogP contribution in [0, 0.1) is 0 Å². The largest absolute Gasteiger partial charge is 0.376 e. The van der Waals surface area contributed by atoms with Crippen molar-refractivity contribution in [3.63, 3.8) is 0 Å². The Morgan fingerprint density at radius 1 is 1.32 bits per heavy atom. The summed E-state index contributed by atoms with van der Waals surface area (Å²) in [5.74, 6) is 0.0744. The maximum absolute atomic E-state index is 12.4. The number of hydrogen-bond acceptors (Lipinski definition) is 4. The predicted octanol–water partition coefficient (Wildman–Crippen LogP) is 2.31. The number of nitrogens with zero attached hydrogens (tertiary/aromatic N) is 2. The van der Waals surface area contributed by atoms with Crippen molar-refractivity contribution >= 4 is 17.5 Å². The molecule has 25 heavy (non-hydrogen) atoms. The van der Waals surface area contributed by atoms with Crippen LogP contribution in [-0.4, -0.2) is 67.7 Å². The molecule has 1 N–H and O–H groups in total. The fraction of sp³-hybridized carbons (Fsp3) is 0.632. The molecule has 0 saturated carbocycles. The number of rotatable bonds is 6. The minimum atomic E-state index is 0.0744. The van der Waals surface area contributed by atoms with Crippen LogP contribution in [0.25, 0.3) is 0 Å². The average Bonchev–Trinajstić information content (AvgIpc) is 3.11. The van der Waals surface area contributed by atoms with Crippen molar-refractivity contribution in [3.8, 4) is 0 Å². The van der Waals surface area contributed by atoms with Gasteiger partial charge in [-0.15, -0.1) is 0 Å². The van der Waals surface area contributed by atoms with Crippen molar-refractivity contribution in [1.82, 2.24) is 15.1 Å². The molecule has 3 rings (SSSR count). The van der Waals surface area contributed by atoms with E-state index >= 15 is 0 Å². The molecule has 2 aliphatic rings. The van der Waals surface area contributed by atoms with Crippen LogP contribution in [0.5, 0.6) is 0 Å². The summed E-state index contributed by atoms with van der Waals surface area (Å²) in [7, 11) is 0. The average molecular weight is 366 g/mol. The summed E-state index contributed by atoms with van der Waals surface area (Å²) >= 11 is 6.42. The molecule has 138 valence electrons. The van der Waals surface area contributed by atoms with Crippen LogP contribution >= 0.6 is 11.6 Å². The van der Waals surface area contributed by atoms with Crippen molar-refractivity contribution in [3.05, 3.63) is 34.9 Å². The normalized spacial score (nSPS) is 23.5. The smallest absolute Gasteiger partial charge is 0.234 e. The van der Waals surface area contributed by atoms with Crippen molar-refractivity contribution in [2.45, 2.75) is 31.9 Å². The number of likely N-dealkylation sites (tertiary alicyclic amines) is 1. The molecular weight excluding hydrogens is 338 g/mol. The third kappa shape index (κ3) is 5.17. The number of amides is 1. The van der Waals surface area contributed by atoms with E-state index in [2.05, 4.69) is 21.2 Å². The Kier molecular flexibility index (Phi) is 6.70. The molecule has 0 bridgehead atoms. The first-order chi connectivity index (χ1) is 12.1. The zero-order valence-electron chi connectivity index (χ0n) is 14.9. The van der Waals surface area contributed by atoms with E-state index in [0.717, 1.165) is 36.8 Å². The molecule has 2 heterocycles. The molecule has 6 heteroatoms. The molecule has 2 unspecified atom stereocenters. The van der Waals surface area contributed by atoms with E-state index in [1.807, 2.05) is 25.1 Å². The Balaban J connectivity index is 1.58. The highest BCUT2D eigenvalue weighted by Crippen LogP contribution is 2.29. The summed E-state index contributed by atoms with van der Waals surface area (Å²) in [5.41, 5.74) is 1.10. The zero-order valence-corrected chi connectivity index (χ0v) is 15.7. The molecule has 0 aromatic heterocycles. The number of ether oxygens (including phenoxy) is 1. The van der Waals surface area contributed by atoms with Gasteiger partial charge in [-0.1, -0.05) is 29.8 Å². The van der Waals surface area contributed by atoms with Crippen LogP contribution in [0.15, 0.2) is 24.3 Å². The van der Waals surface area contributed by atoms with Crippen LogP contribution in [0.3, 0.4) is 0 Å². The number of morpholine rings is 1. The van der Waals surface area contributed by atoms with E-state index in [1.54, 1.807) is 0 Å². The van der Waals surface area contributed by atoms with Crippen LogP contribution < -0.4 is 5.32 Å². The Hall–Kier alpha value is -1.14. The molecule has 1 amide bonds. The second kappa shape index (κ2) is 8.99. The highest BCUT2D eigenvalue weighted by Gasteiger charge is 2.26. The summed E-state index contributed by atoms with van der Waals surface area (Å²) in [4.78, 5) is 17.0. The lowest BCUT2D eigenvalue weighted by molar-refractivity contribution is -0.124. The molecular formula is C19H28ClN3O2. The number of halogens is 1. The molecule has 0 spiro atoms. The van der Waals surface area contributed by atoms with Gasteiger partial charge in [-0.25, -0.2) is 0 Å². The Labute approximate surface area is 155 Å². The summed E-state index contributed by atoms with van der Waals surface area (Å²) in [6.07, 6.45) is 2.61. The van der Waals surface area contributed by atoms with Gasteiger partial charge in [0.05, 0.1) is 25.3 Å². The minimum absolute atomic E-state index is 0.0744. The monoisotopic (exact) mass is 365 g/mol. The molecule has 5 nitrogen and oxygen atoms in total. The lowest BCUT2D eigenvalue weighted by Crippen LogP contribution is -2.47. The van der Waals surface area contributed by atoms with Crippen molar-refractivity contribution in [2.24, 2.45) is 0 Å². The summed E-state index contributed by atoms with van der Waals surface area (Å²) < 4.78 is 5.53. The van der Waals surface area contributed by atoms with Crippen LogP contribution in [-0.2, 0) is 9.53 Å². The van der Waals surface area contributed by atoms with Crippen LogP contribution in [0.2, 0.25) is 5.02 Å². The number of benzene rings is 1. The fourth-order valence-electron chi connectivity index (χ4n) is 3.74. The number of hydrogen-bond donors (Lipinski definition) is 1. The van der Waals surface area contributed by atoms with E-state index in [0.29, 0.717) is 19.7 Å². The Morgan fingerprint density at radius 3 is 2.80 bits per heavy atom. The Bertz CT molecular complexity index is 578. The quantitative estimate of drug-likeness (QED) is 0.840. The molecule has 1 aromatic rings. The first-order valence-corrected chi connectivity index (χ1v) is 9.60. The molecule has 2 atom stereocenters. The third-order valence-corrected chi connectivity index (χ3v) is 5.37. The van der Waals surface area contributed by atoms with E-state index in [1.165, 1.54) is 12.8 Å². The van der Waals surface area contributed by atoms with Gasteiger partial charge in [0.25, 0.3) is 0 Å². The summed E-state index contributed by atoms with van der Waals surface area (Å²) in [6.45, 7) is 7.53. The number of carbonyl (C=O) groups excluding carboxylic acids is 1. The second-order valence-electron chi connectivity index (χ2n) is 7.00. The van der Waals surface area contributed by atoms with Gasteiger partial charge in [-0.2, -0.15) is 0 Å². The number of carbonyl (C=O) groups is 1. The van der Waals surface area contributed by atoms with Gasteiger partial charge in [0.2, 0.25) is 5.91 Å². The van der Waals surface area contributed by atoms with Crippen molar-refractivity contribution in [2.75, 3.05) is 45.9 Å². The molecule has 0 radical (unpaired) electrons. The SMILES string of the molecule is CC1CN(CC(=O)NCC(c2ccccc2Cl)N2CCCC2)CCO1. The zero-order chi connectivity index (χ0) is 17.6. The Morgan fingerprint density at radius 2 is 2.08 bits per heavy atom. The maximum Gasteiger partial charge on any atom is 0.234 e. The number of nitrogens with one attached hydrogen (secondary N) is 1. The highest BCUT2D eigenvalue weighted by molar-refractivity contribution is 6.31. The second-order valence-corrected chi connectivity index (χ2v) is 7.41. The lowest BCUT2D eigenvalue weighted by atomic mass is 10.1. The van der Waals surface area contributed by atoms with Crippen molar-refractivity contribution in [1.29, 1.82) is 0 Å². The van der Waals surface area contributed by atoms with E-state index in [-0.39, 0.29) is 18.1 Å². The lowest BCUT2D eigenvalue weighted by Gasteiger charge is -2.31. The van der Waals surface area contributed by atoms with Crippen molar-refractivity contribution < 1.29 is 9.53 Å². The molecule has 0 aliphatic carbocycles. The van der Waals surface area contributed by atoms with E-state index in [4.69, 9.17) is 16.3 Å². The summed E-state index contributed by atoms with van der Waals surface area (Å²) in [6, 6.07) is 8.10. The first kappa shape index (κ1) is 18.6. The minimum Gasteiger partial charge on any atom is -0.376 e. The molecule has 2 saturated heterocycles. The van der Waals surface area contributed by atoms with Gasteiger partial charge in [0.1, 0.15) is 0 Å². The molecule has 2 fully saturated rings. The van der Waals surface area contributed by atoms with Gasteiger partial charge in [-0.3, -0.25) is 14.6 Å². The maximum atomic E-state index is 12.4. The van der Waals surface area contributed by atoms with Gasteiger partial charge in [0, 0.05) is 24.7 Å². The predicted molar refractivity (Wildman–Crippen MR) is 99.9 cm³/mol. The highest BCUT2D eigenvalue weighted by atomic mass is 35.5. The van der Waals surface area contributed by atoms with E-state index in [9.17, 15) is 4.79 Å². The standard InChI is InChI=1S/C19H28ClN3O2/c1-15-13-22(10-11-25-15)14-19(24)21-12-18(23-8-4-5-9-23)16-6-2-3-7-17(16)20/h2-3,6-7,15,18H,4-5,8-14H2,1H3,(H,21,24). The molecule has 2 aliphatic heterocycles. The molecule has 1 aromatic carbocycles.